The smallest absolute Gasteiger partial charge is 0.126 e. The fraction of sp³-hybridized carbons (Fsp3) is 0.526. The van der Waals surface area contributed by atoms with Crippen molar-refractivity contribution in [3.63, 3.8) is 0 Å². The molecule has 1 aromatic carbocycles. The molecule has 25 heavy (non-hydrogen) atoms. The highest BCUT2D eigenvalue weighted by molar-refractivity contribution is 5.60. The minimum Gasteiger partial charge on any atom is -0.333 e. The Morgan fingerprint density at radius 3 is 2.84 bits per heavy atom. The lowest BCUT2D eigenvalue weighted by Crippen LogP contribution is -2.38. The standard InChI is InChI=1S/C19H26F2N4/c1-13-10-14(4-5-16(13)20)18-12-25(9-8-24(2)3)19(23-18)15-6-7-22-11-17(15)21/h4-5,10,12,15,17,22H,6-9,11H2,1-3H3/t15-,17+/m0/s1. The monoisotopic (exact) mass is 348 g/mol. The van der Waals surface area contributed by atoms with Crippen LogP contribution in [-0.4, -0.2) is 54.4 Å². The molecule has 1 aliphatic rings. The first-order valence-corrected chi connectivity index (χ1v) is 8.79. The predicted molar refractivity (Wildman–Crippen MR) is 96.0 cm³/mol. The zero-order valence-corrected chi connectivity index (χ0v) is 15.1. The molecule has 3 rings (SSSR count). The van der Waals surface area contributed by atoms with Crippen molar-refractivity contribution in [3.8, 4) is 11.3 Å². The Kier molecular flexibility index (Phi) is 5.49. The van der Waals surface area contributed by atoms with E-state index in [0.29, 0.717) is 12.1 Å². The third-order valence-corrected chi connectivity index (χ3v) is 4.79. The number of likely N-dealkylation sites (N-methyl/N-ethyl adjacent to an activating group) is 1. The number of alkyl halides is 1. The molecule has 1 aromatic heterocycles. The van der Waals surface area contributed by atoms with Crippen LogP contribution in [0.15, 0.2) is 24.4 Å². The van der Waals surface area contributed by atoms with Crippen molar-refractivity contribution >= 4 is 0 Å². The quantitative estimate of drug-likeness (QED) is 0.902. The van der Waals surface area contributed by atoms with Gasteiger partial charge in [-0.25, -0.2) is 13.8 Å². The van der Waals surface area contributed by atoms with Crippen LogP contribution in [0.25, 0.3) is 11.3 Å². The molecule has 2 heterocycles. The van der Waals surface area contributed by atoms with Gasteiger partial charge in [-0.3, -0.25) is 0 Å². The van der Waals surface area contributed by atoms with Gasteiger partial charge < -0.3 is 14.8 Å². The number of nitrogens with one attached hydrogen (secondary N) is 1. The minimum atomic E-state index is -0.933. The summed E-state index contributed by atoms with van der Waals surface area (Å²) in [5.41, 5.74) is 2.24. The van der Waals surface area contributed by atoms with Crippen molar-refractivity contribution < 1.29 is 8.78 Å². The predicted octanol–water partition coefficient (Wildman–Crippen LogP) is 2.97. The highest BCUT2D eigenvalue weighted by Crippen LogP contribution is 2.30. The van der Waals surface area contributed by atoms with Crippen LogP contribution in [0.2, 0.25) is 0 Å². The number of piperidine rings is 1. The van der Waals surface area contributed by atoms with Crippen LogP contribution in [-0.2, 0) is 6.54 Å². The van der Waals surface area contributed by atoms with E-state index in [0.717, 1.165) is 43.1 Å². The molecule has 2 atom stereocenters. The molecule has 0 aliphatic carbocycles. The van der Waals surface area contributed by atoms with Gasteiger partial charge in [-0.15, -0.1) is 0 Å². The summed E-state index contributed by atoms with van der Waals surface area (Å²) in [6, 6.07) is 5.00. The minimum absolute atomic E-state index is 0.196. The van der Waals surface area contributed by atoms with Crippen LogP contribution in [0, 0.1) is 12.7 Å². The van der Waals surface area contributed by atoms with Crippen LogP contribution < -0.4 is 5.32 Å². The molecule has 1 fully saturated rings. The fourth-order valence-corrected chi connectivity index (χ4v) is 3.27. The van der Waals surface area contributed by atoms with Crippen LogP contribution >= 0.6 is 0 Å². The molecule has 6 heteroatoms. The molecule has 0 radical (unpaired) electrons. The second-order valence-electron chi connectivity index (χ2n) is 7.06. The molecule has 1 N–H and O–H groups in total. The topological polar surface area (TPSA) is 33.1 Å². The third kappa shape index (κ3) is 4.07. The molecular weight excluding hydrogens is 322 g/mol. The van der Waals surface area contributed by atoms with Gasteiger partial charge in [0.1, 0.15) is 17.8 Å². The summed E-state index contributed by atoms with van der Waals surface area (Å²) in [6.45, 7) is 4.53. The van der Waals surface area contributed by atoms with Crippen LogP contribution in [0.5, 0.6) is 0 Å². The van der Waals surface area contributed by atoms with Crippen LogP contribution in [0.3, 0.4) is 0 Å². The van der Waals surface area contributed by atoms with E-state index in [1.165, 1.54) is 6.07 Å². The first-order valence-electron chi connectivity index (χ1n) is 8.79. The number of hydrogen-bond donors (Lipinski definition) is 1. The van der Waals surface area contributed by atoms with Gasteiger partial charge in [0.25, 0.3) is 0 Å². The van der Waals surface area contributed by atoms with E-state index in [1.807, 2.05) is 20.3 Å². The number of rotatable bonds is 5. The average molecular weight is 348 g/mol. The molecule has 0 spiro atoms. The van der Waals surface area contributed by atoms with Crippen molar-refractivity contribution in [1.29, 1.82) is 0 Å². The van der Waals surface area contributed by atoms with E-state index in [1.54, 1.807) is 19.1 Å². The molecule has 0 saturated carbocycles. The largest absolute Gasteiger partial charge is 0.333 e. The highest BCUT2D eigenvalue weighted by atomic mass is 19.1. The van der Waals surface area contributed by atoms with Gasteiger partial charge in [0.15, 0.2) is 0 Å². The van der Waals surface area contributed by atoms with Crippen LogP contribution in [0.1, 0.15) is 23.7 Å². The summed E-state index contributed by atoms with van der Waals surface area (Å²) in [4.78, 5) is 6.86. The Morgan fingerprint density at radius 1 is 1.36 bits per heavy atom. The Balaban J connectivity index is 1.96. The second kappa shape index (κ2) is 7.62. The number of hydrogen-bond acceptors (Lipinski definition) is 3. The van der Waals surface area contributed by atoms with E-state index in [4.69, 9.17) is 4.98 Å². The molecule has 4 nitrogen and oxygen atoms in total. The number of aromatic nitrogens is 2. The number of imidazole rings is 1. The lowest BCUT2D eigenvalue weighted by Gasteiger charge is -2.27. The summed E-state index contributed by atoms with van der Waals surface area (Å²) in [6.07, 6.45) is 1.78. The molecule has 136 valence electrons. The molecule has 0 amide bonds. The molecule has 0 bridgehead atoms. The first kappa shape index (κ1) is 18.0. The zero-order chi connectivity index (χ0) is 18.0. The van der Waals surface area contributed by atoms with E-state index in [-0.39, 0.29) is 11.7 Å². The van der Waals surface area contributed by atoms with Crippen molar-refractivity contribution in [1.82, 2.24) is 19.8 Å². The number of nitrogens with zero attached hydrogens (tertiary/aromatic N) is 3. The zero-order valence-electron chi connectivity index (χ0n) is 15.1. The Bertz CT molecular complexity index is 726. The van der Waals surface area contributed by atoms with Gasteiger partial charge in [-0.2, -0.15) is 0 Å². The highest BCUT2D eigenvalue weighted by Gasteiger charge is 2.30. The van der Waals surface area contributed by atoms with Gasteiger partial charge in [0, 0.05) is 31.4 Å². The SMILES string of the molecule is Cc1cc(-c2cn(CCN(C)C)c([C@H]3CCNC[C@H]3F)n2)ccc1F. The number of halogens is 2. The fourth-order valence-electron chi connectivity index (χ4n) is 3.27. The normalized spacial score (nSPS) is 21.0. The van der Waals surface area contributed by atoms with E-state index >= 15 is 0 Å². The van der Waals surface area contributed by atoms with Crippen molar-refractivity contribution in [2.24, 2.45) is 0 Å². The van der Waals surface area contributed by atoms with E-state index in [2.05, 4.69) is 14.8 Å². The average Bonchev–Trinajstić information content (AvgIpc) is 3.00. The second-order valence-corrected chi connectivity index (χ2v) is 7.06. The Morgan fingerprint density at radius 2 is 2.16 bits per heavy atom. The van der Waals surface area contributed by atoms with Crippen molar-refractivity contribution in [2.75, 3.05) is 33.7 Å². The maximum atomic E-state index is 14.5. The molecule has 1 saturated heterocycles. The van der Waals surface area contributed by atoms with Crippen LogP contribution in [0.4, 0.5) is 8.78 Å². The Labute approximate surface area is 147 Å². The number of benzene rings is 1. The maximum Gasteiger partial charge on any atom is 0.126 e. The molecule has 1 aliphatic heterocycles. The van der Waals surface area contributed by atoms with Gasteiger partial charge in [-0.1, -0.05) is 0 Å². The van der Waals surface area contributed by atoms with E-state index in [9.17, 15) is 8.78 Å². The number of aryl methyl sites for hydroxylation is 1. The Hall–Kier alpha value is -1.79. The lowest BCUT2D eigenvalue weighted by atomic mass is 9.95. The van der Waals surface area contributed by atoms with Gasteiger partial charge in [-0.05, 0) is 57.7 Å². The van der Waals surface area contributed by atoms with Crippen molar-refractivity contribution in [2.45, 2.75) is 32.0 Å². The van der Waals surface area contributed by atoms with Gasteiger partial charge in [0.2, 0.25) is 0 Å². The summed E-state index contributed by atoms with van der Waals surface area (Å²) in [5.74, 6) is 0.379. The summed E-state index contributed by atoms with van der Waals surface area (Å²) in [7, 11) is 4.03. The summed E-state index contributed by atoms with van der Waals surface area (Å²) in [5, 5.41) is 3.09. The maximum absolute atomic E-state index is 14.5. The third-order valence-electron chi connectivity index (χ3n) is 4.79. The first-order chi connectivity index (χ1) is 12.0. The molecule has 2 aromatic rings. The summed E-state index contributed by atoms with van der Waals surface area (Å²) < 4.78 is 30.1. The van der Waals surface area contributed by atoms with Gasteiger partial charge in [0.05, 0.1) is 11.6 Å². The van der Waals surface area contributed by atoms with Crippen molar-refractivity contribution in [3.05, 3.63) is 41.6 Å². The van der Waals surface area contributed by atoms with E-state index < -0.39 is 6.17 Å². The molecule has 0 unspecified atom stereocenters. The lowest BCUT2D eigenvalue weighted by molar-refractivity contribution is 0.220. The molecular formula is C19H26F2N4. The van der Waals surface area contributed by atoms with Gasteiger partial charge >= 0.3 is 0 Å². The summed E-state index contributed by atoms with van der Waals surface area (Å²) >= 11 is 0.